The second-order valence-electron chi connectivity index (χ2n) is 11.7. The zero-order valence-electron chi connectivity index (χ0n) is 27.9. The van der Waals surface area contributed by atoms with Gasteiger partial charge in [0, 0.05) is 24.8 Å². The minimum atomic E-state index is -3.57. The van der Waals surface area contributed by atoms with Crippen LogP contribution in [0, 0.1) is 0 Å². The fraction of sp³-hybridized carbons (Fsp3) is 0.368. The molecular weight excluding hydrogens is 698 g/mol. The van der Waals surface area contributed by atoms with Gasteiger partial charge in [0.15, 0.2) is 6.29 Å². The summed E-state index contributed by atoms with van der Waals surface area (Å²) in [5.41, 5.74) is 3.91. The van der Waals surface area contributed by atoms with Crippen molar-refractivity contribution in [3.05, 3.63) is 144 Å². The van der Waals surface area contributed by atoms with Gasteiger partial charge in [-0.05, 0) is 22.3 Å². The summed E-state index contributed by atoms with van der Waals surface area (Å²) in [6.45, 7) is 1.50. The maximum absolute atomic E-state index is 13.8. The van der Waals surface area contributed by atoms with E-state index in [9.17, 15) is 4.57 Å². The average Bonchev–Trinajstić information content (AvgIpc) is 3.17. The number of halogens is 2. The van der Waals surface area contributed by atoms with E-state index in [0.29, 0.717) is 0 Å². The van der Waals surface area contributed by atoms with Gasteiger partial charge in [0.2, 0.25) is 0 Å². The molecule has 0 radical (unpaired) electrons. The molecule has 12 heteroatoms. The van der Waals surface area contributed by atoms with Crippen LogP contribution in [0.1, 0.15) is 22.3 Å². The van der Waals surface area contributed by atoms with Gasteiger partial charge in [0.05, 0.1) is 33.0 Å². The Hall–Kier alpha value is -2.63. The third-order valence-electron chi connectivity index (χ3n) is 7.95. The normalized spacial score (nSPS) is 20.9. The summed E-state index contributed by atoms with van der Waals surface area (Å²) >= 11 is 11.9. The second-order valence-corrected chi connectivity index (χ2v) is 14.4. The molecule has 0 spiro atoms. The molecule has 50 heavy (non-hydrogen) atoms. The lowest BCUT2D eigenvalue weighted by Gasteiger charge is -2.46. The zero-order chi connectivity index (χ0) is 34.9. The molecular formula is C38H45Cl2N2O7P. The smallest absolute Gasteiger partial charge is 0.340 e. The summed E-state index contributed by atoms with van der Waals surface area (Å²) < 4.78 is 53.2. The highest BCUT2D eigenvalue weighted by atomic mass is 35.5. The molecule has 1 aliphatic heterocycles. The van der Waals surface area contributed by atoms with Gasteiger partial charge in [-0.25, -0.2) is 10.2 Å². The third-order valence-corrected chi connectivity index (χ3v) is 10.1. The van der Waals surface area contributed by atoms with E-state index in [1.54, 1.807) is 0 Å². The van der Waals surface area contributed by atoms with Gasteiger partial charge in [-0.1, -0.05) is 121 Å². The highest BCUT2D eigenvalue weighted by Crippen LogP contribution is 2.39. The molecule has 0 aromatic heterocycles. The van der Waals surface area contributed by atoms with Crippen LogP contribution in [0.25, 0.3) is 0 Å². The second kappa shape index (κ2) is 21.0. The number of hydrogen-bond acceptors (Lipinski definition) is 7. The molecule has 1 fully saturated rings. The van der Waals surface area contributed by atoms with Crippen LogP contribution < -0.4 is 10.2 Å². The Morgan fingerprint density at radius 2 is 0.920 bits per heavy atom. The van der Waals surface area contributed by atoms with Gasteiger partial charge in [-0.15, -0.1) is 23.2 Å². The molecule has 5 unspecified atom stereocenters. The van der Waals surface area contributed by atoms with Crippen LogP contribution in [0.3, 0.4) is 0 Å². The fourth-order valence-corrected chi connectivity index (χ4v) is 7.39. The lowest BCUT2D eigenvalue weighted by molar-refractivity contribution is -0.328. The summed E-state index contributed by atoms with van der Waals surface area (Å²) in [5.74, 6) is 0.480. The summed E-state index contributed by atoms with van der Waals surface area (Å²) in [5, 5.41) is 5.81. The topological polar surface area (TPSA) is 96.5 Å². The molecule has 2 N–H and O–H groups in total. The van der Waals surface area contributed by atoms with E-state index in [1.165, 1.54) is 0 Å². The van der Waals surface area contributed by atoms with Crippen molar-refractivity contribution < 1.29 is 32.8 Å². The van der Waals surface area contributed by atoms with Gasteiger partial charge >= 0.3 is 7.67 Å². The van der Waals surface area contributed by atoms with Crippen LogP contribution in [-0.4, -0.2) is 62.2 Å². The molecule has 0 saturated carbocycles. The number of nitrogens with one attached hydrogen (secondary N) is 2. The van der Waals surface area contributed by atoms with Crippen LogP contribution in [-0.2, 0) is 59.2 Å². The van der Waals surface area contributed by atoms with Crippen molar-refractivity contribution in [1.29, 1.82) is 0 Å². The van der Waals surface area contributed by atoms with Crippen molar-refractivity contribution in [3.8, 4) is 0 Å². The molecule has 4 aromatic rings. The number of benzene rings is 4. The molecule has 9 nitrogen and oxygen atoms in total. The lowest BCUT2D eigenvalue weighted by atomic mass is 9.97. The van der Waals surface area contributed by atoms with Crippen LogP contribution >= 0.6 is 30.9 Å². The van der Waals surface area contributed by atoms with E-state index in [4.69, 9.17) is 51.4 Å². The number of hydrogen-bond donors (Lipinski definition) is 2. The Morgan fingerprint density at radius 1 is 0.540 bits per heavy atom. The Bertz CT molecular complexity index is 1530. The first-order valence-electron chi connectivity index (χ1n) is 16.7. The van der Waals surface area contributed by atoms with Gasteiger partial charge < -0.3 is 28.2 Å². The number of rotatable bonds is 21. The van der Waals surface area contributed by atoms with E-state index in [1.807, 2.05) is 121 Å². The van der Waals surface area contributed by atoms with Crippen molar-refractivity contribution in [2.24, 2.45) is 0 Å². The molecule has 5 atom stereocenters. The third kappa shape index (κ3) is 12.3. The average molecular weight is 744 g/mol. The van der Waals surface area contributed by atoms with Crippen LogP contribution in [0.15, 0.2) is 121 Å². The molecule has 268 valence electrons. The molecule has 5 rings (SSSR count). The Balaban J connectivity index is 1.48. The standard InChI is InChI=1S/C38H45Cl2N2O7P/c39-21-23-41-50(43,42-24-22-40)48-29-34-35(44-25-30-13-5-1-6-14-30)36(45-26-31-15-7-2-8-16-31)37(46-27-32-17-9-3-10-18-32)38(49-34)47-28-33-19-11-4-12-20-33/h1-20,34-38H,21-29H2,(H2,41,42,43). The predicted molar refractivity (Wildman–Crippen MR) is 196 cm³/mol. The van der Waals surface area contributed by atoms with Crippen molar-refractivity contribution in [2.75, 3.05) is 31.5 Å². The summed E-state index contributed by atoms with van der Waals surface area (Å²) in [4.78, 5) is 0. The van der Waals surface area contributed by atoms with Gasteiger partial charge in [0.25, 0.3) is 0 Å². The largest absolute Gasteiger partial charge is 0.368 e. The van der Waals surface area contributed by atoms with Crippen molar-refractivity contribution in [2.45, 2.75) is 57.1 Å². The summed E-state index contributed by atoms with van der Waals surface area (Å²) in [7, 11) is -3.57. The fourth-order valence-electron chi connectivity index (χ4n) is 5.47. The number of ether oxygens (including phenoxy) is 5. The lowest BCUT2D eigenvalue weighted by Crippen LogP contribution is -2.61. The maximum Gasteiger partial charge on any atom is 0.340 e. The predicted octanol–water partition coefficient (Wildman–Crippen LogP) is 7.47. The van der Waals surface area contributed by atoms with Crippen molar-refractivity contribution >= 4 is 30.9 Å². The molecule has 1 saturated heterocycles. The monoisotopic (exact) mass is 742 g/mol. The van der Waals surface area contributed by atoms with E-state index in [-0.39, 0.29) is 57.9 Å². The van der Waals surface area contributed by atoms with Gasteiger partial charge in [-0.2, -0.15) is 0 Å². The van der Waals surface area contributed by atoms with Gasteiger partial charge in [0.1, 0.15) is 24.4 Å². The minimum Gasteiger partial charge on any atom is -0.368 e. The quantitative estimate of drug-likeness (QED) is 0.0666. The highest BCUT2D eigenvalue weighted by molar-refractivity contribution is 7.54. The highest BCUT2D eigenvalue weighted by Gasteiger charge is 2.49. The molecule has 1 heterocycles. The Kier molecular flexibility index (Phi) is 16.2. The van der Waals surface area contributed by atoms with Crippen molar-refractivity contribution in [1.82, 2.24) is 10.2 Å². The molecule has 1 aliphatic rings. The summed E-state index contributed by atoms with van der Waals surface area (Å²) in [6.07, 6.45) is -3.78. The first kappa shape index (κ1) is 38.6. The first-order valence-corrected chi connectivity index (χ1v) is 19.4. The molecule has 0 aliphatic carbocycles. The van der Waals surface area contributed by atoms with E-state index < -0.39 is 38.4 Å². The molecule has 0 amide bonds. The first-order chi connectivity index (χ1) is 24.6. The maximum atomic E-state index is 13.8. The van der Waals surface area contributed by atoms with E-state index in [0.717, 1.165) is 22.3 Å². The molecule has 0 bridgehead atoms. The van der Waals surface area contributed by atoms with Crippen LogP contribution in [0.2, 0.25) is 0 Å². The Morgan fingerprint density at radius 3 is 1.34 bits per heavy atom. The van der Waals surface area contributed by atoms with Crippen molar-refractivity contribution in [3.63, 3.8) is 0 Å². The zero-order valence-corrected chi connectivity index (χ0v) is 30.3. The van der Waals surface area contributed by atoms with Crippen LogP contribution in [0.4, 0.5) is 0 Å². The summed E-state index contributed by atoms with van der Waals surface area (Å²) in [6, 6.07) is 39.5. The SMILES string of the molecule is O=P(NCCCl)(NCCCl)OCC1OC(OCc2ccccc2)C(OCc2ccccc2)C(OCc2ccccc2)C1OCc1ccccc1. The van der Waals surface area contributed by atoms with E-state index >= 15 is 0 Å². The number of alkyl halides is 2. The minimum absolute atomic E-state index is 0.122. The Labute approximate surface area is 305 Å². The van der Waals surface area contributed by atoms with E-state index in [2.05, 4.69) is 10.2 Å². The van der Waals surface area contributed by atoms with Crippen LogP contribution in [0.5, 0.6) is 0 Å². The van der Waals surface area contributed by atoms with Gasteiger partial charge in [-0.3, -0.25) is 4.57 Å². The molecule has 4 aromatic carbocycles.